The van der Waals surface area contributed by atoms with Crippen molar-refractivity contribution < 1.29 is 19.8 Å². The number of aliphatic hydroxyl groups is 1. The van der Waals surface area contributed by atoms with Gasteiger partial charge in [-0.3, -0.25) is 0 Å². The van der Waals surface area contributed by atoms with Gasteiger partial charge in [0.2, 0.25) is 0 Å². The largest absolute Gasteiger partial charge is 0.411 e. The minimum atomic E-state index is -0.473. The highest BCUT2D eigenvalue weighted by atomic mass is 16.7. The van der Waals surface area contributed by atoms with Gasteiger partial charge in [0, 0.05) is 24.2 Å². The van der Waals surface area contributed by atoms with Crippen LogP contribution in [0.2, 0.25) is 0 Å². The van der Waals surface area contributed by atoms with Gasteiger partial charge in [-0.2, -0.15) is 0 Å². The van der Waals surface area contributed by atoms with Crippen molar-refractivity contribution in [1.29, 1.82) is 0 Å². The maximum Gasteiger partial charge on any atom is 0.174 e. The van der Waals surface area contributed by atoms with Gasteiger partial charge < -0.3 is 19.8 Å². The molecule has 5 fully saturated rings. The van der Waals surface area contributed by atoms with E-state index >= 15 is 0 Å². The summed E-state index contributed by atoms with van der Waals surface area (Å²) in [6.07, 6.45) is 7.95. The third kappa shape index (κ3) is 2.05. The molecule has 5 heteroatoms. The number of fused-ring (bicyclic) bond motifs is 6. The summed E-state index contributed by atoms with van der Waals surface area (Å²) in [4.78, 5) is 0. The van der Waals surface area contributed by atoms with E-state index in [0.717, 1.165) is 44.2 Å². The summed E-state index contributed by atoms with van der Waals surface area (Å²) >= 11 is 0. The second kappa shape index (κ2) is 5.68. The van der Waals surface area contributed by atoms with E-state index in [0.29, 0.717) is 36.9 Å². The Morgan fingerprint density at radius 2 is 1.81 bits per heavy atom. The molecule has 7 atom stereocenters. The molecular weight excluding hydrogens is 330 g/mol. The van der Waals surface area contributed by atoms with E-state index in [9.17, 15) is 10.3 Å². The normalized spacial score (nSPS) is 54.1. The molecule has 5 nitrogen and oxygen atoms in total. The SMILES string of the molecule is C[C@]12CC[C@@H](O)C[C@@H]1CC[C@@H]1[C@@H]2/C(=N/O)C[C@@]2(C)[C@H]1CCC21OCCO1. The molecule has 1 heterocycles. The van der Waals surface area contributed by atoms with E-state index in [1.165, 1.54) is 12.8 Å². The van der Waals surface area contributed by atoms with Gasteiger partial charge in [0.05, 0.1) is 25.0 Å². The van der Waals surface area contributed by atoms with Gasteiger partial charge in [-0.15, -0.1) is 0 Å². The minimum Gasteiger partial charge on any atom is -0.411 e. The highest BCUT2D eigenvalue weighted by molar-refractivity contribution is 5.89. The molecular formula is C21H33NO4. The van der Waals surface area contributed by atoms with Gasteiger partial charge in [0.1, 0.15) is 0 Å². The van der Waals surface area contributed by atoms with Crippen molar-refractivity contribution >= 4 is 5.71 Å². The minimum absolute atomic E-state index is 0.0936. The lowest BCUT2D eigenvalue weighted by Crippen LogP contribution is -2.60. The molecule has 0 bridgehead atoms. The van der Waals surface area contributed by atoms with Gasteiger partial charge in [-0.1, -0.05) is 19.0 Å². The van der Waals surface area contributed by atoms with Crippen molar-refractivity contribution in [3.63, 3.8) is 0 Å². The highest BCUT2D eigenvalue weighted by Crippen LogP contribution is 2.68. The fourth-order valence-corrected chi connectivity index (χ4v) is 8.06. The molecule has 1 aliphatic heterocycles. The lowest BCUT2D eigenvalue weighted by atomic mass is 9.44. The van der Waals surface area contributed by atoms with E-state index in [2.05, 4.69) is 19.0 Å². The molecule has 0 aromatic heterocycles. The van der Waals surface area contributed by atoms with E-state index in [4.69, 9.17) is 9.47 Å². The zero-order chi connectivity index (χ0) is 18.2. The smallest absolute Gasteiger partial charge is 0.174 e. The fourth-order valence-electron chi connectivity index (χ4n) is 8.06. The Morgan fingerprint density at radius 1 is 1.04 bits per heavy atom. The molecule has 1 saturated heterocycles. The fraction of sp³-hybridized carbons (Fsp3) is 0.952. The van der Waals surface area contributed by atoms with E-state index < -0.39 is 5.79 Å². The van der Waals surface area contributed by atoms with Crippen LogP contribution in [-0.2, 0) is 9.47 Å². The predicted molar refractivity (Wildman–Crippen MR) is 97.0 cm³/mol. The first-order valence-electron chi connectivity index (χ1n) is 10.6. The Kier molecular flexibility index (Phi) is 3.81. The van der Waals surface area contributed by atoms with Crippen molar-refractivity contribution in [3.8, 4) is 0 Å². The summed E-state index contributed by atoms with van der Waals surface area (Å²) in [6.45, 7) is 6.08. The molecule has 0 unspecified atom stereocenters. The summed E-state index contributed by atoms with van der Waals surface area (Å²) in [7, 11) is 0. The van der Waals surface area contributed by atoms with Gasteiger partial charge in [-0.05, 0) is 61.7 Å². The van der Waals surface area contributed by atoms with E-state index in [1.54, 1.807) is 0 Å². The standard InChI is InChI=1S/C21H33NO4/c1-19-7-5-14(23)11-13(19)3-4-15-16-6-8-21(25-9-10-26-21)20(16,2)12-17(22-24)18(15)19/h13-16,18,23-24H,3-12H2,1-2H3/b22-17+/t13-,14+,15-,16-,18+,19-,20-/m0/s1. The topological polar surface area (TPSA) is 71.3 Å². The lowest BCUT2D eigenvalue weighted by Gasteiger charge is -2.61. The Balaban J connectivity index is 1.54. The Morgan fingerprint density at radius 3 is 2.54 bits per heavy atom. The molecule has 146 valence electrons. The van der Waals surface area contributed by atoms with Crippen LogP contribution in [0.5, 0.6) is 0 Å². The number of ether oxygens (including phenoxy) is 2. The van der Waals surface area contributed by atoms with Gasteiger partial charge in [0.25, 0.3) is 0 Å². The average molecular weight is 363 g/mol. The monoisotopic (exact) mass is 363 g/mol. The van der Waals surface area contributed by atoms with Crippen LogP contribution in [-0.4, -0.2) is 41.1 Å². The summed E-state index contributed by atoms with van der Waals surface area (Å²) in [6, 6.07) is 0. The second-order valence-corrected chi connectivity index (χ2v) is 10.1. The summed E-state index contributed by atoms with van der Waals surface area (Å²) in [5, 5.41) is 24.1. The molecule has 5 aliphatic rings. The molecule has 0 aromatic carbocycles. The van der Waals surface area contributed by atoms with Crippen LogP contribution in [0.25, 0.3) is 0 Å². The van der Waals surface area contributed by atoms with Crippen molar-refractivity contribution in [2.24, 2.45) is 39.7 Å². The highest BCUT2D eigenvalue weighted by Gasteiger charge is 2.69. The first kappa shape index (κ1) is 17.4. The van der Waals surface area contributed by atoms with Crippen molar-refractivity contribution in [3.05, 3.63) is 0 Å². The van der Waals surface area contributed by atoms with Crippen LogP contribution >= 0.6 is 0 Å². The van der Waals surface area contributed by atoms with Gasteiger partial charge >= 0.3 is 0 Å². The summed E-state index contributed by atoms with van der Waals surface area (Å²) < 4.78 is 12.4. The number of hydrogen-bond acceptors (Lipinski definition) is 5. The summed E-state index contributed by atoms with van der Waals surface area (Å²) in [5.74, 6) is 1.53. The van der Waals surface area contributed by atoms with Gasteiger partial charge in [0.15, 0.2) is 5.79 Å². The van der Waals surface area contributed by atoms with Crippen molar-refractivity contribution in [2.75, 3.05) is 13.2 Å². The average Bonchev–Trinajstić information content (AvgIpc) is 3.21. The molecule has 4 saturated carbocycles. The zero-order valence-corrected chi connectivity index (χ0v) is 16.1. The summed E-state index contributed by atoms with van der Waals surface area (Å²) in [5.41, 5.74) is 1.03. The van der Waals surface area contributed by atoms with E-state index in [1.807, 2.05) is 0 Å². The van der Waals surface area contributed by atoms with Crippen LogP contribution in [0.1, 0.15) is 65.2 Å². The molecule has 2 N–H and O–H groups in total. The van der Waals surface area contributed by atoms with Crippen LogP contribution in [0.15, 0.2) is 5.16 Å². The number of hydrogen-bond donors (Lipinski definition) is 2. The van der Waals surface area contributed by atoms with Crippen molar-refractivity contribution in [1.82, 2.24) is 0 Å². The van der Waals surface area contributed by atoms with Gasteiger partial charge in [-0.25, -0.2) is 0 Å². The molecule has 4 aliphatic carbocycles. The van der Waals surface area contributed by atoms with Crippen LogP contribution in [0.3, 0.4) is 0 Å². The number of rotatable bonds is 0. The Labute approximate surface area is 156 Å². The molecule has 0 amide bonds. The lowest BCUT2D eigenvalue weighted by molar-refractivity contribution is -0.233. The van der Waals surface area contributed by atoms with Crippen LogP contribution < -0.4 is 0 Å². The first-order valence-corrected chi connectivity index (χ1v) is 10.6. The quantitative estimate of drug-likeness (QED) is 0.510. The molecule has 26 heavy (non-hydrogen) atoms. The van der Waals surface area contributed by atoms with Crippen LogP contribution in [0, 0.1) is 34.5 Å². The Hall–Kier alpha value is -0.650. The maximum absolute atomic E-state index is 10.2. The first-order chi connectivity index (χ1) is 12.4. The predicted octanol–water partition coefficient (Wildman–Crippen LogP) is 3.57. The van der Waals surface area contributed by atoms with Crippen molar-refractivity contribution in [2.45, 2.75) is 77.1 Å². The Bertz CT molecular complexity index is 615. The third-order valence-corrected chi connectivity index (χ3v) is 9.27. The number of oxime groups is 1. The number of nitrogens with zero attached hydrogens (tertiary/aromatic N) is 1. The van der Waals surface area contributed by atoms with E-state index in [-0.39, 0.29) is 16.9 Å². The maximum atomic E-state index is 10.2. The second-order valence-electron chi connectivity index (χ2n) is 10.1. The third-order valence-electron chi connectivity index (χ3n) is 9.27. The zero-order valence-electron chi connectivity index (χ0n) is 16.1. The molecule has 5 rings (SSSR count). The molecule has 0 aromatic rings. The molecule has 1 spiro atoms. The van der Waals surface area contributed by atoms with Crippen LogP contribution in [0.4, 0.5) is 0 Å². The molecule has 0 radical (unpaired) electrons. The number of aliphatic hydroxyl groups excluding tert-OH is 1.